The van der Waals surface area contributed by atoms with Crippen LogP contribution in [-0.4, -0.2) is 13.4 Å². The fourth-order valence-corrected chi connectivity index (χ4v) is 4.09. The molecule has 1 N–H and O–H groups in total. The molecular weight excluding hydrogens is 336 g/mol. The highest BCUT2D eigenvalue weighted by molar-refractivity contribution is 9.08. The van der Waals surface area contributed by atoms with Gasteiger partial charge in [-0.3, -0.25) is 4.72 Å². The van der Waals surface area contributed by atoms with Crippen molar-refractivity contribution < 1.29 is 8.42 Å². The van der Waals surface area contributed by atoms with Gasteiger partial charge < -0.3 is 0 Å². The molecule has 0 unspecified atom stereocenters. The third-order valence-corrected chi connectivity index (χ3v) is 5.61. The molecule has 2 aromatic rings. The summed E-state index contributed by atoms with van der Waals surface area (Å²) in [6.07, 6.45) is 1.37. The molecule has 0 fully saturated rings. The average molecular weight is 347 g/mol. The van der Waals surface area contributed by atoms with Gasteiger partial charge in [0.2, 0.25) is 0 Å². The van der Waals surface area contributed by atoms with E-state index in [2.05, 4.69) is 25.6 Å². The number of benzene rings is 1. The predicted octanol–water partition coefficient (Wildman–Crippen LogP) is 3.15. The molecule has 1 aromatic heterocycles. The standard InChI is InChI=1S/C11H11BrN2O2S2/c1-8-13-7-11(17-8)18(15,16)14-10-5-3-2-4-9(10)6-12/h2-5,7,14H,6H2,1H3. The van der Waals surface area contributed by atoms with Crippen molar-refractivity contribution in [3.8, 4) is 0 Å². The van der Waals surface area contributed by atoms with E-state index >= 15 is 0 Å². The summed E-state index contributed by atoms with van der Waals surface area (Å²) >= 11 is 4.49. The number of hydrogen-bond acceptors (Lipinski definition) is 4. The molecule has 0 aliphatic rings. The van der Waals surface area contributed by atoms with Gasteiger partial charge in [0.25, 0.3) is 10.0 Å². The van der Waals surface area contributed by atoms with E-state index in [0.717, 1.165) is 21.9 Å². The number of alkyl halides is 1. The Morgan fingerprint density at radius 2 is 2.11 bits per heavy atom. The zero-order valence-corrected chi connectivity index (χ0v) is 12.8. The summed E-state index contributed by atoms with van der Waals surface area (Å²) in [4.78, 5) is 3.96. The van der Waals surface area contributed by atoms with Crippen LogP contribution in [0.5, 0.6) is 0 Å². The lowest BCUT2D eigenvalue weighted by atomic mass is 10.2. The van der Waals surface area contributed by atoms with E-state index in [9.17, 15) is 8.42 Å². The summed E-state index contributed by atoms with van der Waals surface area (Å²) in [5, 5.41) is 1.32. The zero-order valence-electron chi connectivity index (χ0n) is 9.55. The first-order valence-electron chi connectivity index (χ1n) is 5.12. The van der Waals surface area contributed by atoms with Gasteiger partial charge in [-0.15, -0.1) is 11.3 Å². The molecule has 0 bridgehead atoms. The Morgan fingerprint density at radius 3 is 2.72 bits per heavy atom. The average Bonchev–Trinajstić information content (AvgIpc) is 2.77. The number of sulfonamides is 1. The molecule has 1 aromatic carbocycles. The SMILES string of the molecule is Cc1ncc(S(=O)(=O)Nc2ccccc2CBr)s1. The van der Waals surface area contributed by atoms with E-state index in [-0.39, 0.29) is 4.21 Å². The van der Waals surface area contributed by atoms with Gasteiger partial charge in [-0.25, -0.2) is 13.4 Å². The molecule has 0 radical (unpaired) electrons. The van der Waals surface area contributed by atoms with Crippen LogP contribution in [0.1, 0.15) is 10.6 Å². The van der Waals surface area contributed by atoms with E-state index in [0.29, 0.717) is 11.0 Å². The van der Waals surface area contributed by atoms with Crippen molar-refractivity contribution in [2.75, 3.05) is 4.72 Å². The van der Waals surface area contributed by atoms with Gasteiger partial charge in [0.15, 0.2) is 4.21 Å². The molecule has 96 valence electrons. The number of rotatable bonds is 4. The topological polar surface area (TPSA) is 59.1 Å². The highest BCUT2D eigenvalue weighted by Gasteiger charge is 2.18. The van der Waals surface area contributed by atoms with Crippen LogP contribution in [0.25, 0.3) is 0 Å². The molecule has 0 aliphatic heterocycles. The molecule has 0 atom stereocenters. The van der Waals surface area contributed by atoms with Crippen LogP contribution >= 0.6 is 27.3 Å². The number of nitrogens with one attached hydrogen (secondary N) is 1. The van der Waals surface area contributed by atoms with Crippen molar-refractivity contribution in [1.29, 1.82) is 0 Å². The normalized spacial score (nSPS) is 11.4. The lowest BCUT2D eigenvalue weighted by molar-refractivity contribution is 0.603. The molecule has 0 amide bonds. The van der Waals surface area contributed by atoms with Crippen molar-refractivity contribution in [2.24, 2.45) is 0 Å². The first kappa shape index (κ1) is 13.5. The van der Waals surface area contributed by atoms with E-state index < -0.39 is 10.0 Å². The van der Waals surface area contributed by atoms with Gasteiger partial charge in [-0.2, -0.15) is 0 Å². The maximum Gasteiger partial charge on any atom is 0.273 e. The molecule has 1 heterocycles. The second-order valence-corrected chi connectivity index (χ2v) is 7.30. The van der Waals surface area contributed by atoms with Crippen molar-refractivity contribution in [2.45, 2.75) is 16.5 Å². The molecule has 0 saturated heterocycles. The number of nitrogens with zero attached hydrogens (tertiary/aromatic N) is 1. The molecule has 18 heavy (non-hydrogen) atoms. The van der Waals surface area contributed by atoms with Crippen LogP contribution in [0.15, 0.2) is 34.7 Å². The number of para-hydroxylation sites is 1. The minimum absolute atomic E-state index is 0.226. The largest absolute Gasteiger partial charge is 0.279 e. The maximum absolute atomic E-state index is 12.1. The van der Waals surface area contributed by atoms with Gasteiger partial charge in [0, 0.05) is 5.33 Å². The fraction of sp³-hybridized carbons (Fsp3) is 0.182. The van der Waals surface area contributed by atoms with Gasteiger partial charge in [0.1, 0.15) is 0 Å². The van der Waals surface area contributed by atoms with Crippen LogP contribution in [0.2, 0.25) is 0 Å². The quantitative estimate of drug-likeness (QED) is 0.865. The monoisotopic (exact) mass is 346 g/mol. The molecule has 0 aliphatic carbocycles. The van der Waals surface area contributed by atoms with E-state index in [4.69, 9.17) is 0 Å². The Kier molecular flexibility index (Phi) is 4.04. The van der Waals surface area contributed by atoms with Crippen LogP contribution in [0, 0.1) is 6.92 Å². The summed E-state index contributed by atoms with van der Waals surface area (Å²) < 4.78 is 27.1. The van der Waals surface area contributed by atoms with Crippen LogP contribution < -0.4 is 4.72 Å². The second kappa shape index (κ2) is 5.38. The van der Waals surface area contributed by atoms with E-state index in [1.54, 1.807) is 19.1 Å². The maximum atomic E-state index is 12.1. The van der Waals surface area contributed by atoms with Crippen LogP contribution in [0.4, 0.5) is 5.69 Å². The minimum atomic E-state index is -3.54. The number of aromatic nitrogens is 1. The molecule has 0 saturated carbocycles. The summed E-state index contributed by atoms with van der Waals surface area (Å²) in [5.41, 5.74) is 1.47. The van der Waals surface area contributed by atoms with Crippen molar-refractivity contribution in [3.05, 3.63) is 41.0 Å². The smallest absolute Gasteiger partial charge is 0.273 e. The number of aryl methyl sites for hydroxylation is 1. The number of anilines is 1. The minimum Gasteiger partial charge on any atom is -0.279 e. The third-order valence-electron chi connectivity index (χ3n) is 2.27. The first-order valence-corrected chi connectivity index (χ1v) is 8.54. The predicted molar refractivity (Wildman–Crippen MR) is 76.7 cm³/mol. The summed E-state index contributed by atoms with van der Waals surface area (Å²) in [5.74, 6) is 0. The molecule has 2 rings (SSSR count). The van der Waals surface area contributed by atoms with E-state index in [1.165, 1.54) is 6.20 Å². The number of hydrogen-bond donors (Lipinski definition) is 1. The van der Waals surface area contributed by atoms with Gasteiger partial charge in [0.05, 0.1) is 16.9 Å². The Morgan fingerprint density at radius 1 is 1.39 bits per heavy atom. The summed E-state index contributed by atoms with van der Waals surface area (Å²) in [7, 11) is -3.54. The van der Waals surface area contributed by atoms with Gasteiger partial charge in [-0.05, 0) is 18.6 Å². The Hall–Kier alpha value is -0.920. The fourth-order valence-electron chi connectivity index (χ4n) is 1.40. The second-order valence-electron chi connectivity index (χ2n) is 3.59. The number of thiazole rings is 1. The molecule has 0 spiro atoms. The Labute approximate surface area is 118 Å². The Balaban J connectivity index is 2.33. The number of halogens is 1. The Bertz CT molecular complexity index is 653. The molecule has 4 nitrogen and oxygen atoms in total. The molecular formula is C11H11BrN2O2S2. The van der Waals surface area contributed by atoms with Gasteiger partial charge >= 0.3 is 0 Å². The summed E-state index contributed by atoms with van der Waals surface area (Å²) in [6, 6.07) is 7.26. The van der Waals surface area contributed by atoms with Crippen LogP contribution in [-0.2, 0) is 15.4 Å². The van der Waals surface area contributed by atoms with Crippen molar-refractivity contribution in [1.82, 2.24) is 4.98 Å². The lowest BCUT2D eigenvalue weighted by Gasteiger charge is -2.09. The third kappa shape index (κ3) is 2.90. The van der Waals surface area contributed by atoms with Crippen molar-refractivity contribution >= 4 is 43.0 Å². The summed E-state index contributed by atoms with van der Waals surface area (Å²) in [6.45, 7) is 1.77. The van der Waals surface area contributed by atoms with Crippen LogP contribution in [0.3, 0.4) is 0 Å². The highest BCUT2D eigenvalue weighted by atomic mass is 79.9. The van der Waals surface area contributed by atoms with Crippen molar-refractivity contribution in [3.63, 3.8) is 0 Å². The van der Waals surface area contributed by atoms with E-state index in [1.807, 2.05) is 12.1 Å². The zero-order chi connectivity index (χ0) is 13.2. The van der Waals surface area contributed by atoms with Gasteiger partial charge in [-0.1, -0.05) is 34.1 Å². The lowest BCUT2D eigenvalue weighted by Crippen LogP contribution is -2.12. The first-order chi connectivity index (χ1) is 8.53. The molecule has 7 heteroatoms. The highest BCUT2D eigenvalue weighted by Crippen LogP contribution is 2.24.